The number of carboxylic acid groups (broad SMARTS) is 1. The van der Waals surface area contributed by atoms with E-state index in [0.717, 1.165) is 24.0 Å². The molecule has 2 aromatic rings. The molecule has 0 spiro atoms. The quantitative estimate of drug-likeness (QED) is 0.591. The number of rotatable bonds is 6. The van der Waals surface area contributed by atoms with Gasteiger partial charge in [0, 0.05) is 12.0 Å². The molecule has 3 aliphatic carbocycles. The summed E-state index contributed by atoms with van der Waals surface area (Å²) in [5.41, 5.74) is 4.16. The molecular weight excluding hydrogens is 448 g/mol. The van der Waals surface area contributed by atoms with E-state index in [1.54, 1.807) is 0 Å². The van der Waals surface area contributed by atoms with Crippen molar-refractivity contribution in [2.24, 2.45) is 17.3 Å². The van der Waals surface area contributed by atoms with Crippen molar-refractivity contribution >= 4 is 18.0 Å². The standard InChI is InChI=1S/C27H28N2O6/c30-24(31)22-12-34-14-23(22)29-25(32)27-10-15(27)9-16(11-27)28-26(33)35-13-21-19-7-3-1-5-17(19)18-6-2-4-8-20(18)21/h1-8,15-16,21-23H,9-14H2,(H,28,33)(H,29,32)(H,30,31)/t15-,16+,22?,23?,27+/m0/s1. The van der Waals surface area contributed by atoms with Gasteiger partial charge in [0.2, 0.25) is 5.91 Å². The molecule has 0 bridgehead atoms. The highest BCUT2D eigenvalue weighted by Gasteiger charge is 2.65. The Kier molecular flexibility index (Phi) is 5.29. The van der Waals surface area contributed by atoms with Crippen molar-refractivity contribution in [1.82, 2.24) is 10.6 Å². The second-order valence-electron chi connectivity index (χ2n) is 10.2. The molecule has 2 amide bonds. The van der Waals surface area contributed by atoms with E-state index in [1.165, 1.54) is 11.1 Å². The van der Waals surface area contributed by atoms with Gasteiger partial charge < -0.3 is 25.2 Å². The molecule has 2 aromatic carbocycles. The number of alkyl carbamates (subject to hydrolysis) is 1. The Hall–Kier alpha value is -3.39. The number of ether oxygens (including phenoxy) is 2. The van der Waals surface area contributed by atoms with Crippen molar-refractivity contribution in [3.05, 3.63) is 59.7 Å². The third-order valence-electron chi connectivity index (χ3n) is 8.24. The first kappa shape index (κ1) is 22.1. The van der Waals surface area contributed by atoms with Crippen molar-refractivity contribution in [3.8, 4) is 11.1 Å². The highest BCUT2D eigenvalue weighted by atomic mass is 16.5. The maximum absolute atomic E-state index is 13.0. The van der Waals surface area contributed by atoms with E-state index in [2.05, 4.69) is 34.9 Å². The van der Waals surface area contributed by atoms with Crippen molar-refractivity contribution < 1.29 is 29.0 Å². The smallest absolute Gasteiger partial charge is 0.407 e. The minimum atomic E-state index is -0.959. The molecule has 2 saturated carbocycles. The van der Waals surface area contributed by atoms with Crippen LogP contribution in [0.15, 0.2) is 48.5 Å². The molecule has 182 valence electrons. The third-order valence-corrected chi connectivity index (χ3v) is 8.24. The van der Waals surface area contributed by atoms with E-state index < -0.39 is 29.4 Å². The van der Waals surface area contributed by atoms with Crippen LogP contribution in [0.3, 0.4) is 0 Å². The van der Waals surface area contributed by atoms with Gasteiger partial charge in [-0.3, -0.25) is 9.59 Å². The van der Waals surface area contributed by atoms with Crippen LogP contribution in [0, 0.1) is 17.3 Å². The monoisotopic (exact) mass is 476 g/mol. The predicted molar refractivity (Wildman–Crippen MR) is 126 cm³/mol. The lowest BCUT2D eigenvalue weighted by Crippen LogP contribution is -2.46. The van der Waals surface area contributed by atoms with Crippen LogP contribution in [-0.4, -0.2) is 55.0 Å². The van der Waals surface area contributed by atoms with Crippen LogP contribution in [0.5, 0.6) is 0 Å². The SMILES string of the molecule is O=C(N[C@@H]1C[C@H]2C[C@@]2(C(=O)NC2COCC2C(=O)O)C1)OCC1c2ccccc2-c2ccccc21. The average Bonchev–Trinajstić information content (AvgIpc) is 3.17. The Morgan fingerprint density at radius 3 is 2.34 bits per heavy atom. The average molecular weight is 477 g/mol. The summed E-state index contributed by atoms with van der Waals surface area (Å²) in [4.78, 5) is 37.0. The van der Waals surface area contributed by atoms with Gasteiger partial charge in [-0.05, 0) is 47.4 Å². The Balaban J connectivity index is 1.04. The first-order chi connectivity index (χ1) is 17.0. The molecule has 1 heterocycles. The molecule has 8 heteroatoms. The van der Waals surface area contributed by atoms with Crippen LogP contribution >= 0.6 is 0 Å². The first-order valence-electron chi connectivity index (χ1n) is 12.2. The maximum atomic E-state index is 13.0. The molecule has 3 N–H and O–H groups in total. The Labute approximate surface area is 203 Å². The van der Waals surface area contributed by atoms with Gasteiger partial charge in [0.25, 0.3) is 0 Å². The largest absolute Gasteiger partial charge is 0.481 e. The fourth-order valence-corrected chi connectivity index (χ4v) is 6.35. The maximum Gasteiger partial charge on any atom is 0.407 e. The number of hydrogen-bond donors (Lipinski definition) is 3. The Morgan fingerprint density at radius 1 is 0.971 bits per heavy atom. The minimum absolute atomic E-state index is 0.00179. The molecule has 5 atom stereocenters. The fraction of sp³-hybridized carbons (Fsp3) is 0.444. The van der Waals surface area contributed by atoms with Gasteiger partial charge >= 0.3 is 12.1 Å². The summed E-state index contributed by atoms with van der Waals surface area (Å²) < 4.78 is 10.9. The first-order valence-corrected chi connectivity index (χ1v) is 12.2. The normalized spacial score (nSPS) is 30.2. The Morgan fingerprint density at radius 2 is 1.66 bits per heavy atom. The van der Waals surface area contributed by atoms with Gasteiger partial charge in [-0.25, -0.2) is 4.79 Å². The lowest BCUT2D eigenvalue weighted by molar-refractivity contribution is -0.142. The third kappa shape index (κ3) is 3.76. The number of aliphatic carboxylic acids is 1. The lowest BCUT2D eigenvalue weighted by atomic mass is 9.98. The summed E-state index contributed by atoms with van der Waals surface area (Å²) in [5, 5.41) is 15.2. The summed E-state index contributed by atoms with van der Waals surface area (Å²) in [6.45, 7) is 0.577. The fourth-order valence-electron chi connectivity index (χ4n) is 6.35. The minimum Gasteiger partial charge on any atom is -0.481 e. The van der Waals surface area contributed by atoms with Crippen molar-refractivity contribution in [2.75, 3.05) is 19.8 Å². The summed E-state index contributed by atoms with van der Waals surface area (Å²) in [6, 6.07) is 15.8. The summed E-state index contributed by atoms with van der Waals surface area (Å²) >= 11 is 0. The molecule has 35 heavy (non-hydrogen) atoms. The van der Waals surface area contributed by atoms with E-state index in [1.807, 2.05) is 24.3 Å². The molecule has 1 aliphatic heterocycles. The van der Waals surface area contributed by atoms with Gasteiger partial charge in [-0.15, -0.1) is 0 Å². The molecule has 8 nitrogen and oxygen atoms in total. The molecule has 0 aromatic heterocycles. The molecule has 4 aliphatic rings. The van der Waals surface area contributed by atoms with Crippen LogP contribution in [0.4, 0.5) is 4.79 Å². The predicted octanol–water partition coefficient (Wildman–Crippen LogP) is 2.91. The molecule has 0 radical (unpaired) electrons. The van der Waals surface area contributed by atoms with E-state index >= 15 is 0 Å². The number of fused-ring (bicyclic) bond motifs is 4. The van der Waals surface area contributed by atoms with E-state index in [4.69, 9.17) is 9.47 Å². The van der Waals surface area contributed by atoms with Gasteiger partial charge in [0.15, 0.2) is 0 Å². The van der Waals surface area contributed by atoms with E-state index in [0.29, 0.717) is 6.42 Å². The Bertz CT molecular complexity index is 1150. The second-order valence-corrected chi connectivity index (χ2v) is 10.2. The lowest BCUT2D eigenvalue weighted by Gasteiger charge is -2.21. The number of carboxylic acids is 1. The zero-order chi connectivity index (χ0) is 24.2. The number of nitrogens with one attached hydrogen (secondary N) is 2. The van der Waals surface area contributed by atoms with E-state index in [-0.39, 0.29) is 43.6 Å². The van der Waals surface area contributed by atoms with Crippen molar-refractivity contribution in [2.45, 2.75) is 37.3 Å². The second kappa shape index (κ2) is 8.37. The van der Waals surface area contributed by atoms with Gasteiger partial charge in [0.1, 0.15) is 12.5 Å². The number of benzene rings is 2. The highest BCUT2D eigenvalue weighted by molar-refractivity contribution is 5.88. The van der Waals surface area contributed by atoms with Gasteiger partial charge in [0.05, 0.1) is 24.7 Å². The molecule has 1 saturated heterocycles. The highest BCUT2D eigenvalue weighted by Crippen LogP contribution is 2.63. The van der Waals surface area contributed by atoms with Crippen LogP contribution in [0.1, 0.15) is 36.3 Å². The number of hydrogen-bond acceptors (Lipinski definition) is 5. The molecule has 3 fully saturated rings. The number of carbonyl (C=O) groups excluding carboxylic acids is 2. The van der Waals surface area contributed by atoms with Gasteiger partial charge in [-0.1, -0.05) is 48.5 Å². The van der Waals surface area contributed by atoms with Gasteiger partial charge in [-0.2, -0.15) is 0 Å². The van der Waals surface area contributed by atoms with Crippen LogP contribution in [0.2, 0.25) is 0 Å². The van der Waals surface area contributed by atoms with Crippen molar-refractivity contribution in [3.63, 3.8) is 0 Å². The van der Waals surface area contributed by atoms with E-state index in [9.17, 15) is 19.5 Å². The molecule has 2 unspecified atom stereocenters. The summed E-state index contributed by atoms with van der Waals surface area (Å²) in [6.07, 6.45) is 1.57. The number of carbonyl (C=O) groups is 3. The summed E-state index contributed by atoms with van der Waals surface area (Å²) in [7, 11) is 0. The molecular formula is C27H28N2O6. The summed E-state index contributed by atoms with van der Waals surface area (Å²) in [5.74, 6) is -1.60. The zero-order valence-electron chi connectivity index (χ0n) is 19.2. The van der Waals surface area contributed by atoms with Crippen molar-refractivity contribution in [1.29, 1.82) is 0 Å². The number of amides is 2. The van der Waals surface area contributed by atoms with Crippen LogP contribution < -0.4 is 10.6 Å². The zero-order valence-corrected chi connectivity index (χ0v) is 19.2. The van der Waals surface area contributed by atoms with Crippen LogP contribution in [-0.2, 0) is 19.1 Å². The molecule has 6 rings (SSSR count). The van der Waals surface area contributed by atoms with Crippen LogP contribution in [0.25, 0.3) is 11.1 Å². The topological polar surface area (TPSA) is 114 Å².